The molecule has 8 nitrogen and oxygen atoms in total. The zero-order valence-corrected chi connectivity index (χ0v) is 20.6. The molecule has 1 fully saturated rings. The summed E-state index contributed by atoms with van der Waals surface area (Å²) in [6.45, 7) is 5.57. The molecule has 0 radical (unpaired) electrons. The van der Waals surface area contributed by atoms with E-state index in [0.29, 0.717) is 48.9 Å². The van der Waals surface area contributed by atoms with Crippen molar-refractivity contribution in [1.82, 2.24) is 25.4 Å². The standard InChI is InChI=1S/C23H29F3N6O2S/c1-4-11-27-21(34)16-9-12-32(13-10-16)22(35)29-28-14(2)18-20(33)19(31(3)30-18)15-5-7-17(8-6-15)23(24,25)26/h5-8,16,33H,4,9-13H2,1-3H3,(H,27,34)(H,29,35)/b28-14+. The first-order chi connectivity index (χ1) is 16.5. The van der Waals surface area contributed by atoms with E-state index in [-0.39, 0.29) is 29.0 Å². The number of hydrazone groups is 1. The van der Waals surface area contributed by atoms with Gasteiger partial charge in [-0.3, -0.25) is 14.9 Å². The number of alkyl halides is 3. The van der Waals surface area contributed by atoms with Crippen molar-refractivity contribution in [2.75, 3.05) is 19.6 Å². The number of halogens is 3. The van der Waals surface area contributed by atoms with Crippen LogP contribution in [-0.4, -0.2) is 56.2 Å². The molecule has 1 aliphatic rings. The molecule has 190 valence electrons. The molecule has 3 N–H and O–H groups in total. The fraction of sp³-hybridized carbons (Fsp3) is 0.478. The molecule has 0 spiro atoms. The number of nitrogens with zero attached hydrogens (tertiary/aromatic N) is 4. The van der Waals surface area contributed by atoms with Gasteiger partial charge in [0.25, 0.3) is 0 Å². The van der Waals surface area contributed by atoms with Gasteiger partial charge in [-0.2, -0.15) is 23.4 Å². The number of carbonyl (C=O) groups excluding carboxylic acids is 1. The third-order valence-corrected chi connectivity index (χ3v) is 6.22. The van der Waals surface area contributed by atoms with Crippen molar-refractivity contribution in [1.29, 1.82) is 0 Å². The third kappa shape index (κ3) is 6.30. The summed E-state index contributed by atoms with van der Waals surface area (Å²) < 4.78 is 39.9. The lowest BCUT2D eigenvalue weighted by Crippen LogP contribution is -2.45. The van der Waals surface area contributed by atoms with Crippen LogP contribution >= 0.6 is 12.2 Å². The first-order valence-corrected chi connectivity index (χ1v) is 11.7. The number of amides is 1. The molecule has 0 unspecified atom stereocenters. The van der Waals surface area contributed by atoms with E-state index in [1.165, 1.54) is 16.8 Å². The molecule has 1 aliphatic heterocycles. The van der Waals surface area contributed by atoms with Crippen molar-refractivity contribution in [3.8, 4) is 17.0 Å². The highest BCUT2D eigenvalue weighted by molar-refractivity contribution is 7.80. The van der Waals surface area contributed by atoms with Gasteiger partial charge in [0.05, 0.1) is 11.3 Å². The Balaban J connectivity index is 1.64. The summed E-state index contributed by atoms with van der Waals surface area (Å²) in [5, 5.41) is 22.6. The van der Waals surface area contributed by atoms with Gasteiger partial charge < -0.3 is 15.3 Å². The summed E-state index contributed by atoms with van der Waals surface area (Å²) in [6, 6.07) is 4.49. The van der Waals surface area contributed by atoms with Crippen LogP contribution in [0.3, 0.4) is 0 Å². The minimum Gasteiger partial charge on any atom is -0.504 e. The minimum absolute atomic E-state index is 0.0279. The maximum Gasteiger partial charge on any atom is 0.416 e. The quantitative estimate of drug-likeness (QED) is 0.312. The van der Waals surface area contributed by atoms with E-state index in [9.17, 15) is 23.1 Å². The fourth-order valence-electron chi connectivity index (χ4n) is 3.89. The number of nitrogens with one attached hydrogen (secondary N) is 2. The second kappa shape index (κ2) is 11.1. The highest BCUT2D eigenvalue weighted by Gasteiger charge is 2.30. The van der Waals surface area contributed by atoms with E-state index in [2.05, 4.69) is 20.9 Å². The first kappa shape index (κ1) is 26.5. The SMILES string of the molecule is CCCNC(=O)C1CCN(C(=S)N/N=C(\C)c2nn(C)c(-c3ccc(C(F)(F)F)cc3)c2O)CC1. The molecule has 1 amide bonds. The maximum absolute atomic E-state index is 12.9. The fourth-order valence-corrected chi connectivity index (χ4v) is 4.12. The molecule has 12 heteroatoms. The normalized spacial score (nSPS) is 15.3. The number of likely N-dealkylation sites (tertiary alicyclic amines) is 1. The van der Waals surface area contributed by atoms with E-state index in [0.717, 1.165) is 18.6 Å². The Morgan fingerprint density at radius 1 is 1.26 bits per heavy atom. The van der Waals surface area contributed by atoms with Crippen LogP contribution in [0.1, 0.15) is 44.4 Å². The zero-order chi connectivity index (χ0) is 25.8. The van der Waals surface area contributed by atoms with Gasteiger partial charge in [0.15, 0.2) is 16.6 Å². The Kier molecular flexibility index (Phi) is 8.36. The maximum atomic E-state index is 12.9. The Bertz CT molecular complexity index is 1090. The highest BCUT2D eigenvalue weighted by atomic mass is 32.1. The van der Waals surface area contributed by atoms with Crippen LogP contribution in [0, 0.1) is 5.92 Å². The zero-order valence-electron chi connectivity index (χ0n) is 19.8. The van der Waals surface area contributed by atoms with Crippen molar-refractivity contribution in [2.24, 2.45) is 18.1 Å². The number of aryl methyl sites for hydroxylation is 1. The van der Waals surface area contributed by atoms with Crippen molar-refractivity contribution < 1.29 is 23.1 Å². The number of hydrogen-bond donors (Lipinski definition) is 3. The van der Waals surface area contributed by atoms with E-state index in [1.807, 2.05) is 11.8 Å². The van der Waals surface area contributed by atoms with Gasteiger partial charge in [0, 0.05) is 38.2 Å². The summed E-state index contributed by atoms with van der Waals surface area (Å²) in [6.07, 6.45) is -2.16. The molecule has 3 rings (SSSR count). The predicted octanol–water partition coefficient (Wildman–Crippen LogP) is 3.65. The Morgan fingerprint density at radius 2 is 1.89 bits per heavy atom. The van der Waals surface area contributed by atoms with Crippen LogP contribution in [0.5, 0.6) is 5.75 Å². The number of benzene rings is 1. The van der Waals surface area contributed by atoms with Gasteiger partial charge in [0.1, 0.15) is 5.69 Å². The van der Waals surface area contributed by atoms with E-state index in [4.69, 9.17) is 12.2 Å². The molecule has 1 saturated heterocycles. The number of piperidine rings is 1. The van der Waals surface area contributed by atoms with Gasteiger partial charge >= 0.3 is 6.18 Å². The highest BCUT2D eigenvalue weighted by Crippen LogP contribution is 2.35. The number of aromatic nitrogens is 2. The van der Waals surface area contributed by atoms with E-state index >= 15 is 0 Å². The van der Waals surface area contributed by atoms with Crippen molar-refractivity contribution >= 4 is 28.9 Å². The van der Waals surface area contributed by atoms with Crippen molar-refractivity contribution in [2.45, 2.75) is 39.3 Å². The van der Waals surface area contributed by atoms with Crippen LogP contribution in [-0.2, 0) is 18.0 Å². The van der Waals surface area contributed by atoms with E-state index < -0.39 is 11.7 Å². The summed E-state index contributed by atoms with van der Waals surface area (Å²) >= 11 is 5.43. The van der Waals surface area contributed by atoms with Crippen LogP contribution in [0.25, 0.3) is 11.3 Å². The van der Waals surface area contributed by atoms with E-state index in [1.54, 1.807) is 14.0 Å². The molecular formula is C23H29F3N6O2S. The lowest BCUT2D eigenvalue weighted by molar-refractivity contribution is -0.137. The predicted molar refractivity (Wildman–Crippen MR) is 131 cm³/mol. The number of carbonyl (C=O) groups is 1. The minimum atomic E-state index is -4.44. The molecule has 0 saturated carbocycles. The van der Waals surface area contributed by atoms with Gasteiger partial charge in [0.2, 0.25) is 5.91 Å². The number of rotatable bonds is 6. The lowest BCUT2D eigenvalue weighted by Gasteiger charge is -2.32. The monoisotopic (exact) mass is 510 g/mol. The molecular weight excluding hydrogens is 481 g/mol. The van der Waals surface area contributed by atoms with Gasteiger partial charge in [-0.05, 0) is 50.5 Å². The summed E-state index contributed by atoms with van der Waals surface area (Å²) in [7, 11) is 1.59. The van der Waals surface area contributed by atoms with Crippen LogP contribution < -0.4 is 10.7 Å². The molecule has 1 aromatic carbocycles. The molecule has 1 aromatic heterocycles. The second-order valence-corrected chi connectivity index (χ2v) is 8.80. The average molecular weight is 511 g/mol. The van der Waals surface area contributed by atoms with Gasteiger partial charge in [-0.1, -0.05) is 19.1 Å². The summed E-state index contributed by atoms with van der Waals surface area (Å²) in [4.78, 5) is 14.1. The first-order valence-electron chi connectivity index (χ1n) is 11.3. The largest absolute Gasteiger partial charge is 0.504 e. The molecule has 2 heterocycles. The number of thiocarbonyl (C=S) groups is 1. The lowest BCUT2D eigenvalue weighted by atomic mass is 9.96. The average Bonchev–Trinajstić information content (AvgIpc) is 3.14. The molecule has 2 aromatic rings. The molecule has 0 bridgehead atoms. The van der Waals surface area contributed by atoms with Crippen molar-refractivity contribution in [3.63, 3.8) is 0 Å². The van der Waals surface area contributed by atoms with Crippen LogP contribution in [0.2, 0.25) is 0 Å². The summed E-state index contributed by atoms with van der Waals surface area (Å²) in [5.74, 6) is -0.145. The van der Waals surface area contributed by atoms with Gasteiger partial charge in [-0.15, -0.1) is 0 Å². The molecule has 0 aliphatic carbocycles. The topological polar surface area (TPSA) is 94.8 Å². The Hall–Kier alpha value is -3.15. The molecule has 0 atom stereocenters. The number of hydrogen-bond acceptors (Lipinski definition) is 5. The summed E-state index contributed by atoms with van der Waals surface area (Å²) in [5.41, 5.74) is 3.23. The second-order valence-electron chi connectivity index (χ2n) is 8.41. The Labute approximate surface area is 207 Å². The third-order valence-electron chi connectivity index (χ3n) is 5.87. The molecule has 35 heavy (non-hydrogen) atoms. The van der Waals surface area contributed by atoms with Crippen LogP contribution in [0.15, 0.2) is 29.4 Å². The smallest absolute Gasteiger partial charge is 0.416 e. The number of aromatic hydroxyl groups is 1. The van der Waals surface area contributed by atoms with Crippen molar-refractivity contribution in [3.05, 3.63) is 35.5 Å². The van der Waals surface area contributed by atoms with Crippen LogP contribution in [0.4, 0.5) is 13.2 Å². The van der Waals surface area contributed by atoms with Gasteiger partial charge in [-0.25, -0.2) is 0 Å². The Morgan fingerprint density at radius 3 is 2.46 bits per heavy atom.